The zero-order chi connectivity index (χ0) is 56.8. The Kier molecular flexibility index (Phi) is 20.7. The zero-order valence-electron chi connectivity index (χ0n) is 45.5. The molecule has 0 bridgehead atoms. The van der Waals surface area contributed by atoms with Crippen molar-refractivity contribution in [2.24, 2.45) is 0 Å². The molecule has 8 aromatic rings. The number of thiophene rings is 4. The molecular formula is C56H69N13O8S4. The first-order valence-corrected chi connectivity index (χ1v) is 31.1. The lowest BCUT2D eigenvalue weighted by Crippen LogP contribution is -2.34. The molecule has 0 saturated carbocycles. The van der Waals surface area contributed by atoms with Gasteiger partial charge < -0.3 is 51.7 Å². The predicted octanol–water partition coefficient (Wildman–Crippen LogP) is 13.1. The van der Waals surface area contributed by atoms with Gasteiger partial charge in [0, 0.05) is 24.2 Å². The number of anilines is 6. The van der Waals surface area contributed by atoms with E-state index in [-0.39, 0.29) is 45.5 Å². The zero-order valence-corrected chi connectivity index (χ0v) is 48.8. The third-order valence-corrected chi connectivity index (χ3v) is 18.6. The van der Waals surface area contributed by atoms with Crippen LogP contribution in [0.5, 0.6) is 0 Å². The Labute approximate surface area is 485 Å². The van der Waals surface area contributed by atoms with Crippen LogP contribution in [0.1, 0.15) is 97.8 Å². The molecule has 8 atom stereocenters. The molecule has 0 unspecified atom stereocenters. The number of nitro groups is 2. The lowest BCUT2D eigenvalue weighted by Gasteiger charge is -2.30. The van der Waals surface area contributed by atoms with Crippen molar-refractivity contribution >= 4 is 132 Å². The van der Waals surface area contributed by atoms with E-state index in [2.05, 4.69) is 68.0 Å². The van der Waals surface area contributed by atoms with E-state index in [1.165, 1.54) is 35.1 Å². The minimum atomic E-state index is -0.382. The van der Waals surface area contributed by atoms with Crippen LogP contribution in [-0.4, -0.2) is 105 Å². The highest BCUT2D eigenvalue weighted by Gasteiger charge is 2.29. The van der Waals surface area contributed by atoms with Crippen molar-refractivity contribution in [1.82, 2.24) is 19.9 Å². The number of hydrogen-bond acceptors (Lipinski definition) is 23. The lowest BCUT2D eigenvalue weighted by atomic mass is 10.0. The first-order chi connectivity index (χ1) is 39.4. The Morgan fingerprint density at radius 2 is 0.802 bits per heavy atom. The fraction of sp³-hybridized carbons (Fsp3) is 0.482. The van der Waals surface area contributed by atoms with Crippen LogP contribution in [-0.2, 0) is 18.9 Å². The van der Waals surface area contributed by atoms with Gasteiger partial charge in [-0.15, -0.1) is 45.3 Å². The maximum Gasteiger partial charge on any atom is 0.311 e. The number of nitrogens with zero attached hydrogens (tertiary/aromatic N) is 7. The largest absolute Gasteiger partial charge is 0.396 e. The number of nitriles is 1. The summed E-state index contributed by atoms with van der Waals surface area (Å²) in [5.74, 6) is 0. The van der Waals surface area contributed by atoms with E-state index in [9.17, 15) is 20.2 Å². The van der Waals surface area contributed by atoms with Gasteiger partial charge in [0.05, 0.1) is 149 Å². The molecule has 21 nitrogen and oxygen atoms in total. The van der Waals surface area contributed by atoms with Gasteiger partial charge in [-0.25, -0.2) is 9.97 Å². The normalized spacial score (nSPS) is 22.7. The van der Waals surface area contributed by atoms with Crippen LogP contribution in [0.4, 0.5) is 45.5 Å². The lowest BCUT2D eigenvalue weighted by molar-refractivity contribution is -0.384. The number of nitrogens with two attached hydrogens (primary N) is 2. The molecule has 4 fully saturated rings. The fourth-order valence-corrected chi connectivity index (χ4v) is 13.7. The monoisotopic (exact) mass is 1180 g/mol. The number of rotatable bonds is 14. The summed E-state index contributed by atoms with van der Waals surface area (Å²) >= 11 is 6.25. The molecular weight excluding hydrogens is 1110 g/mol. The van der Waals surface area contributed by atoms with Crippen LogP contribution in [0.3, 0.4) is 0 Å². The van der Waals surface area contributed by atoms with Crippen molar-refractivity contribution in [3.05, 3.63) is 90.8 Å². The second-order valence-corrected chi connectivity index (χ2v) is 24.0. The van der Waals surface area contributed by atoms with Crippen LogP contribution in [0.15, 0.2) is 70.6 Å². The Morgan fingerprint density at radius 3 is 1.09 bits per heavy atom. The van der Waals surface area contributed by atoms with Gasteiger partial charge in [-0.1, -0.05) is 20.8 Å². The first kappa shape index (κ1) is 59.0. The van der Waals surface area contributed by atoms with Gasteiger partial charge in [-0.05, 0) is 116 Å². The van der Waals surface area contributed by atoms with Gasteiger partial charge in [-0.3, -0.25) is 30.2 Å². The minimum absolute atomic E-state index is 0.0302. The number of fused-ring (bicyclic) bond motifs is 4. The summed E-state index contributed by atoms with van der Waals surface area (Å²) < 4.78 is 26.9. The number of pyridine rings is 4. The van der Waals surface area contributed by atoms with E-state index in [1.54, 1.807) is 35.1 Å². The van der Waals surface area contributed by atoms with Crippen molar-refractivity contribution in [2.45, 2.75) is 146 Å². The Hall–Kier alpha value is -6.63. The van der Waals surface area contributed by atoms with Crippen LogP contribution >= 0.6 is 45.3 Å². The van der Waals surface area contributed by atoms with Gasteiger partial charge in [0.2, 0.25) is 0 Å². The molecule has 12 rings (SSSR count). The minimum Gasteiger partial charge on any atom is -0.396 e. The van der Waals surface area contributed by atoms with E-state index >= 15 is 0 Å². The third kappa shape index (κ3) is 14.9. The van der Waals surface area contributed by atoms with E-state index in [4.69, 9.17) is 35.7 Å². The van der Waals surface area contributed by atoms with Crippen LogP contribution in [0.2, 0.25) is 0 Å². The summed E-state index contributed by atoms with van der Waals surface area (Å²) in [6.07, 6.45) is 18.9. The van der Waals surface area contributed by atoms with E-state index in [0.29, 0.717) is 73.3 Å². The maximum absolute atomic E-state index is 11.2. The van der Waals surface area contributed by atoms with Crippen LogP contribution in [0.25, 0.3) is 40.9 Å². The van der Waals surface area contributed by atoms with Gasteiger partial charge in [0.1, 0.15) is 23.8 Å². The number of aromatic nitrogens is 4. The molecule has 81 heavy (non-hydrogen) atoms. The van der Waals surface area contributed by atoms with Crippen LogP contribution < -0.4 is 32.7 Å². The quantitative estimate of drug-likeness (QED) is 0.0435. The van der Waals surface area contributed by atoms with Gasteiger partial charge in [0.15, 0.2) is 0 Å². The molecule has 0 aromatic carbocycles. The molecule has 4 aliphatic rings. The molecule has 0 spiro atoms. The molecule has 430 valence electrons. The summed E-state index contributed by atoms with van der Waals surface area (Å²) in [6, 6.07) is 10.7. The topological polar surface area (TPSA) is 299 Å². The smallest absolute Gasteiger partial charge is 0.311 e. The highest BCUT2D eigenvalue weighted by atomic mass is 32.1. The summed E-state index contributed by atoms with van der Waals surface area (Å²) in [5, 5.41) is 52.6. The summed E-state index contributed by atoms with van der Waals surface area (Å²) in [6.45, 7) is 8.95. The van der Waals surface area contributed by atoms with E-state index in [1.807, 2.05) is 45.8 Å². The van der Waals surface area contributed by atoms with Crippen molar-refractivity contribution in [2.75, 3.05) is 59.2 Å². The van der Waals surface area contributed by atoms with Gasteiger partial charge in [-0.2, -0.15) is 5.26 Å². The van der Waals surface area contributed by atoms with Crippen molar-refractivity contribution in [1.29, 1.82) is 5.26 Å². The highest BCUT2D eigenvalue weighted by Crippen LogP contribution is 2.39. The molecule has 8 N–H and O–H groups in total. The second kappa shape index (κ2) is 28.4. The van der Waals surface area contributed by atoms with Crippen molar-refractivity contribution < 1.29 is 28.8 Å². The number of nitrogens with one attached hydrogen (secondary N) is 4. The summed E-state index contributed by atoms with van der Waals surface area (Å²) in [5.41, 5.74) is 20.2. The fourth-order valence-electron chi connectivity index (χ4n) is 10.2. The average molecular weight is 1180 g/mol. The number of hydrogen-bond donors (Lipinski definition) is 6. The molecule has 8 aromatic heterocycles. The van der Waals surface area contributed by atoms with E-state index < -0.39 is 0 Å². The molecule has 4 saturated heterocycles. The first-order valence-electron chi connectivity index (χ1n) is 27.6. The predicted molar refractivity (Wildman–Crippen MR) is 327 cm³/mol. The molecule has 4 aliphatic heterocycles. The van der Waals surface area contributed by atoms with Gasteiger partial charge >= 0.3 is 11.4 Å². The molecule has 12 heterocycles. The highest BCUT2D eigenvalue weighted by molar-refractivity contribution is 7.18. The summed E-state index contributed by atoms with van der Waals surface area (Å²) in [4.78, 5) is 38.6. The molecule has 0 aliphatic carbocycles. The standard InChI is InChI=1S/C14H16N4OS.2C14H17N3O3S.C14H19N3OS/c15-5-3-10-2-1-9(8-19-10)18-13-11(16)7-17-12-4-6-20-14(12)13;2*1-2-10-4-3-9(8-20-10)16-13-12(17(18)19)7-15-11-5-6-21-14(11)13;1-2-10-4-3-9(8-18-10)17-13-11(15)7-16-12-5-6-19-14(12)13/h4,6-7,9-10H,1-3,8,16H2,(H,17,18);2*5-7,9-10H,2-4,8H2,1H3,(H,15,16);5-7,9-10H,2-4,8,15H2,1H3,(H,16,17)/t2*9-,10+;9-,10-;9-,10+/m0000/s1. The van der Waals surface area contributed by atoms with Crippen LogP contribution in [0, 0.1) is 31.6 Å². The maximum atomic E-state index is 11.2. The Bertz CT molecular complexity index is 3280. The van der Waals surface area contributed by atoms with Crippen molar-refractivity contribution in [3.8, 4) is 6.07 Å². The summed E-state index contributed by atoms with van der Waals surface area (Å²) in [7, 11) is 0. The molecule has 25 heteroatoms. The van der Waals surface area contributed by atoms with E-state index in [0.717, 1.165) is 129 Å². The Balaban J connectivity index is 0.000000130. The van der Waals surface area contributed by atoms with Gasteiger partial charge in [0.25, 0.3) is 0 Å². The third-order valence-electron chi connectivity index (χ3n) is 14.9. The SMILES string of the molecule is CC[C@@H]1CC[C@H](Nc2c(N)cnc3ccsc23)CO1.CC[C@@H]1CC[C@H](Nc2c([N+](=O)[O-])cnc3ccsc23)CO1.CC[C@H]1CC[C@H](Nc2c([N+](=O)[O-])cnc3ccsc23)CO1.N#CC[C@H]1CC[C@H](Nc2c(N)cnc3ccsc23)CO1. The second-order valence-electron chi connectivity index (χ2n) is 20.4. The average Bonchev–Trinajstić information content (AvgIpc) is 4.53. The molecule has 0 amide bonds. The number of ether oxygens (including phenoxy) is 4. The molecule has 0 radical (unpaired) electrons. The Morgan fingerprint density at radius 1 is 0.506 bits per heavy atom. The van der Waals surface area contributed by atoms with Crippen molar-refractivity contribution in [3.63, 3.8) is 0 Å². The number of nitrogen functional groups attached to an aromatic ring is 2.